The quantitative estimate of drug-likeness (QED) is 0.164. The minimum Gasteiger partial charge on any atom is -0.390 e. The fraction of sp³-hybridized carbons (Fsp3) is 0.173. The molecule has 10 rings (SSSR count). The Morgan fingerprint density at radius 2 is 1.18 bits per heavy atom. The van der Waals surface area contributed by atoms with Crippen molar-refractivity contribution in [3.8, 4) is 27.9 Å². The molecule has 2 aliphatic rings. The van der Waals surface area contributed by atoms with Gasteiger partial charge in [0.15, 0.2) is 0 Å². The third-order valence-corrected chi connectivity index (χ3v) is 14.1. The molecule has 1 aliphatic heterocycles. The van der Waals surface area contributed by atoms with E-state index in [2.05, 4.69) is 188 Å². The summed E-state index contributed by atoms with van der Waals surface area (Å²) in [4.78, 5) is 8.52. The van der Waals surface area contributed by atoms with E-state index in [-0.39, 0.29) is 5.41 Å². The van der Waals surface area contributed by atoms with Crippen molar-refractivity contribution in [2.24, 2.45) is 5.41 Å². The van der Waals surface area contributed by atoms with Gasteiger partial charge in [-0.05, 0) is 132 Å². The molecule has 4 nitrogen and oxygen atoms in total. The van der Waals surface area contributed by atoms with Gasteiger partial charge in [-0.15, -0.1) is 11.8 Å². The lowest BCUT2D eigenvalue weighted by Gasteiger charge is -2.45. The largest absolute Gasteiger partial charge is 0.390 e. The number of para-hydroxylation sites is 5. The molecule has 2 heterocycles. The maximum atomic E-state index is 11.1. The molecule has 1 N–H and O–H groups in total. The number of aliphatic hydroxyl groups is 1. The second kappa shape index (κ2) is 13.1. The van der Waals surface area contributed by atoms with E-state index in [1.807, 2.05) is 31.7 Å². The highest BCUT2D eigenvalue weighted by Crippen LogP contribution is 2.64. The molecule has 0 fully saturated rings. The first-order valence-corrected chi connectivity index (χ1v) is 20.8. The molecule has 57 heavy (non-hydrogen) atoms. The lowest BCUT2D eigenvalue weighted by molar-refractivity contribution is -0.0210. The number of hydrogen-bond donors (Lipinski definition) is 1. The minimum atomic E-state index is -0.812. The van der Waals surface area contributed by atoms with E-state index >= 15 is 0 Å². The average molecular weight is 760 g/mol. The van der Waals surface area contributed by atoms with Gasteiger partial charge in [-0.3, -0.25) is 4.57 Å². The normalized spacial score (nSPS) is 14.0. The first-order valence-electron chi connectivity index (χ1n) is 19.8. The molecule has 0 atom stereocenters. The van der Waals surface area contributed by atoms with Gasteiger partial charge >= 0.3 is 0 Å². The maximum Gasteiger partial charge on any atom is 0.111 e. The molecular formula is C52H45N3OS. The Morgan fingerprint density at radius 1 is 0.579 bits per heavy atom. The lowest BCUT2D eigenvalue weighted by Crippen LogP contribution is -2.40. The van der Waals surface area contributed by atoms with E-state index in [0.717, 1.165) is 39.5 Å². The van der Waals surface area contributed by atoms with E-state index < -0.39 is 11.0 Å². The van der Waals surface area contributed by atoms with Gasteiger partial charge in [-0.1, -0.05) is 111 Å². The summed E-state index contributed by atoms with van der Waals surface area (Å²) < 4.78 is 2.26. The standard InChI is InChI=1S/C52H45N3OS/c1-34-53-46-22-11-14-25-49(46)54(34)38-19-15-16-35(30-38)36-26-28-40-41-29-27-39(57-33-50(2,3)51(4,5)56)32-45(41)52(44(40)31-36)42-20-9-12-23-47(42)55(37-17-7-6-8-18-37)48-24-13-10-21-43(48)52/h6-32,56H,33H2,1-5H3. The maximum absolute atomic E-state index is 11.1. The van der Waals surface area contributed by atoms with E-state index in [1.54, 1.807) is 0 Å². The molecule has 280 valence electrons. The summed E-state index contributed by atoms with van der Waals surface area (Å²) in [6, 6.07) is 60.1. The van der Waals surface area contributed by atoms with Crippen LogP contribution in [-0.2, 0) is 5.41 Å². The number of aromatic nitrogens is 2. The number of aryl methyl sites for hydroxylation is 1. The number of benzene rings is 7. The van der Waals surface area contributed by atoms with Crippen molar-refractivity contribution in [2.75, 3.05) is 10.7 Å². The van der Waals surface area contributed by atoms with Crippen LogP contribution in [0.4, 0.5) is 17.1 Å². The van der Waals surface area contributed by atoms with Crippen molar-refractivity contribution in [2.45, 2.75) is 50.5 Å². The minimum absolute atomic E-state index is 0.289. The van der Waals surface area contributed by atoms with Crippen LogP contribution in [0.15, 0.2) is 169 Å². The van der Waals surface area contributed by atoms with Gasteiger partial charge in [0, 0.05) is 27.4 Å². The highest BCUT2D eigenvalue weighted by Gasteiger charge is 2.52. The third kappa shape index (κ3) is 5.44. The van der Waals surface area contributed by atoms with E-state index in [1.165, 1.54) is 55.2 Å². The first kappa shape index (κ1) is 35.5. The van der Waals surface area contributed by atoms with Crippen LogP contribution in [0.25, 0.3) is 39.0 Å². The Kier molecular flexibility index (Phi) is 8.16. The van der Waals surface area contributed by atoms with Crippen LogP contribution < -0.4 is 4.90 Å². The number of fused-ring (bicyclic) bond motifs is 10. The molecular weight excluding hydrogens is 715 g/mol. The Hall–Kier alpha value is -5.88. The smallest absolute Gasteiger partial charge is 0.111 e. The van der Waals surface area contributed by atoms with Crippen molar-refractivity contribution in [3.05, 3.63) is 192 Å². The van der Waals surface area contributed by atoms with Crippen LogP contribution >= 0.6 is 11.8 Å². The fourth-order valence-electron chi connectivity index (χ4n) is 8.99. The Bertz CT molecular complexity index is 2800. The molecule has 0 saturated heterocycles. The van der Waals surface area contributed by atoms with Crippen molar-refractivity contribution < 1.29 is 5.11 Å². The van der Waals surface area contributed by atoms with Crippen LogP contribution in [-0.4, -0.2) is 26.0 Å². The summed E-state index contributed by atoms with van der Waals surface area (Å²) >= 11 is 1.83. The summed E-state index contributed by atoms with van der Waals surface area (Å²) in [7, 11) is 0. The summed E-state index contributed by atoms with van der Waals surface area (Å²) in [5.41, 5.74) is 15.0. The summed E-state index contributed by atoms with van der Waals surface area (Å²) in [6.07, 6.45) is 0. The van der Waals surface area contributed by atoms with Gasteiger partial charge in [0.1, 0.15) is 5.82 Å². The second-order valence-corrected chi connectivity index (χ2v) is 17.7. The van der Waals surface area contributed by atoms with Gasteiger partial charge in [-0.2, -0.15) is 0 Å². The molecule has 5 heteroatoms. The first-order chi connectivity index (χ1) is 27.6. The number of anilines is 3. The summed E-state index contributed by atoms with van der Waals surface area (Å²) in [6.45, 7) is 10.2. The Balaban J connectivity index is 1.21. The van der Waals surface area contributed by atoms with Crippen molar-refractivity contribution >= 4 is 39.9 Å². The summed E-state index contributed by atoms with van der Waals surface area (Å²) in [5, 5.41) is 11.1. The highest BCUT2D eigenvalue weighted by atomic mass is 32.2. The van der Waals surface area contributed by atoms with Crippen molar-refractivity contribution in [1.82, 2.24) is 9.55 Å². The topological polar surface area (TPSA) is 41.3 Å². The number of rotatable bonds is 7. The molecule has 0 unspecified atom stereocenters. The van der Waals surface area contributed by atoms with Crippen LogP contribution in [0.1, 0.15) is 55.8 Å². The molecule has 0 bridgehead atoms. The van der Waals surface area contributed by atoms with Crippen LogP contribution in [0.3, 0.4) is 0 Å². The van der Waals surface area contributed by atoms with Gasteiger partial charge < -0.3 is 10.0 Å². The third-order valence-electron chi connectivity index (χ3n) is 12.6. The average Bonchev–Trinajstić information content (AvgIpc) is 3.71. The second-order valence-electron chi connectivity index (χ2n) is 16.7. The zero-order chi connectivity index (χ0) is 39.1. The van der Waals surface area contributed by atoms with Crippen molar-refractivity contribution in [1.29, 1.82) is 0 Å². The number of thioether (sulfide) groups is 1. The number of nitrogens with zero attached hydrogens (tertiary/aromatic N) is 3. The van der Waals surface area contributed by atoms with Crippen LogP contribution in [0, 0.1) is 12.3 Å². The van der Waals surface area contributed by atoms with Gasteiger partial charge in [0.25, 0.3) is 0 Å². The zero-order valence-electron chi connectivity index (χ0n) is 33.0. The highest BCUT2D eigenvalue weighted by molar-refractivity contribution is 7.99. The Morgan fingerprint density at radius 3 is 1.89 bits per heavy atom. The summed E-state index contributed by atoms with van der Waals surface area (Å²) in [5.74, 6) is 1.76. The molecule has 0 amide bonds. The molecule has 1 spiro atoms. The molecule has 0 saturated carbocycles. The lowest BCUT2D eigenvalue weighted by atomic mass is 9.64. The zero-order valence-corrected chi connectivity index (χ0v) is 33.8. The van der Waals surface area contributed by atoms with Crippen LogP contribution in [0.2, 0.25) is 0 Å². The predicted octanol–water partition coefficient (Wildman–Crippen LogP) is 13.0. The molecule has 8 aromatic rings. The van der Waals surface area contributed by atoms with Gasteiger partial charge in [0.05, 0.1) is 33.4 Å². The number of hydrogen-bond acceptors (Lipinski definition) is 4. The van der Waals surface area contributed by atoms with E-state index in [9.17, 15) is 5.11 Å². The molecule has 1 aliphatic carbocycles. The molecule has 1 aromatic heterocycles. The Labute approximate surface area is 339 Å². The molecule has 0 radical (unpaired) electrons. The SMILES string of the molecule is Cc1nc2ccccc2n1-c1cccc(-c2ccc3c(c2)C2(c4cc(SCC(C)(C)C(C)(C)O)ccc4-3)c3ccccc3N(c3ccccc3)c3ccccc32)c1. The number of imidazole rings is 1. The van der Waals surface area contributed by atoms with Crippen molar-refractivity contribution in [3.63, 3.8) is 0 Å². The predicted molar refractivity (Wildman–Crippen MR) is 238 cm³/mol. The van der Waals surface area contributed by atoms with Gasteiger partial charge in [0.2, 0.25) is 0 Å². The van der Waals surface area contributed by atoms with Gasteiger partial charge in [-0.25, -0.2) is 4.98 Å². The monoisotopic (exact) mass is 759 g/mol. The fourth-order valence-corrected chi connectivity index (χ4v) is 10.2. The van der Waals surface area contributed by atoms with Crippen LogP contribution in [0.5, 0.6) is 0 Å². The molecule has 7 aromatic carbocycles. The van der Waals surface area contributed by atoms with E-state index in [4.69, 9.17) is 4.98 Å². The van der Waals surface area contributed by atoms with E-state index in [0.29, 0.717) is 0 Å².